The lowest BCUT2D eigenvalue weighted by Gasteiger charge is -2.15. The largest absolute Gasteiger partial charge is 0.397 e. The van der Waals surface area contributed by atoms with Crippen molar-refractivity contribution in [2.24, 2.45) is 0 Å². The average Bonchev–Trinajstić information content (AvgIpc) is 2.32. The molecule has 1 rings (SSSR count). The molecule has 0 saturated heterocycles. The van der Waals surface area contributed by atoms with Gasteiger partial charge in [0.2, 0.25) is 10.0 Å². The number of rotatable bonds is 6. The molecule has 1 atom stereocenters. The number of aryl methyl sites for hydroxylation is 1. The van der Waals surface area contributed by atoms with Gasteiger partial charge in [0.1, 0.15) is 0 Å². The zero-order valence-corrected chi connectivity index (χ0v) is 13.1. The molecule has 0 aliphatic heterocycles. The van der Waals surface area contributed by atoms with Crippen LogP contribution in [-0.2, 0) is 10.0 Å². The van der Waals surface area contributed by atoms with Gasteiger partial charge >= 0.3 is 0 Å². The molecule has 0 amide bonds. The van der Waals surface area contributed by atoms with Crippen molar-refractivity contribution in [3.63, 3.8) is 0 Å². The first-order valence-corrected chi connectivity index (χ1v) is 8.22. The molecule has 0 bridgehead atoms. The summed E-state index contributed by atoms with van der Waals surface area (Å²) in [4.78, 5) is 0.162. The molecule has 0 aliphatic carbocycles. The van der Waals surface area contributed by atoms with Crippen LogP contribution in [-0.4, -0.2) is 14.5 Å². The molecule has 19 heavy (non-hydrogen) atoms. The molecule has 0 fully saturated rings. The Bertz CT molecular complexity index is 521. The van der Waals surface area contributed by atoms with Crippen molar-refractivity contribution in [3.05, 3.63) is 22.7 Å². The molecule has 0 heterocycles. The molecule has 3 N–H and O–H groups in total. The van der Waals surface area contributed by atoms with E-state index in [0.717, 1.165) is 19.3 Å². The maximum Gasteiger partial charge on any atom is 0.240 e. The molecule has 0 radical (unpaired) electrons. The first-order valence-electron chi connectivity index (χ1n) is 6.36. The third kappa shape index (κ3) is 4.37. The van der Waals surface area contributed by atoms with E-state index in [9.17, 15) is 8.42 Å². The van der Waals surface area contributed by atoms with Gasteiger partial charge in [0.15, 0.2) is 0 Å². The van der Waals surface area contributed by atoms with E-state index in [2.05, 4.69) is 11.6 Å². The van der Waals surface area contributed by atoms with Gasteiger partial charge in [-0.1, -0.05) is 31.4 Å². The lowest BCUT2D eigenvalue weighted by Crippen LogP contribution is -2.32. The summed E-state index contributed by atoms with van der Waals surface area (Å²) in [5.41, 5.74) is 6.64. The lowest BCUT2D eigenvalue weighted by molar-refractivity contribution is 0.534. The van der Waals surface area contributed by atoms with E-state index in [1.54, 1.807) is 6.92 Å². The fourth-order valence-corrected chi connectivity index (χ4v) is 3.33. The van der Waals surface area contributed by atoms with Crippen LogP contribution in [0.15, 0.2) is 17.0 Å². The quantitative estimate of drug-likeness (QED) is 0.793. The van der Waals surface area contributed by atoms with Crippen molar-refractivity contribution < 1.29 is 8.42 Å². The fraction of sp³-hybridized carbons (Fsp3) is 0.538. The van der Waals surface area contributed by atoms with E-state index >= 15 is 0 Å². The van der Waals surface area contributed by atoms with Crippen LogP contribution >= 0.6 is 11.6 Å². The first-order chi connectivity index (χ1) is 8.77. The van der Waals surface area contributed by atoms with E-state index in [1.165, 1.54) is 12.1 Å². The summed E-state index contributed by atoms with van der Waals surface area (Å²) in [5.74, 6) is 0. The number of hydrogen-bond donors (Lipinski definition) is 2. The number of benzene rings is 1. The smallest absolute Gasteiger partial charge is 0.240 e. The van der Waals surface area contributed by atoms with Gasteiger partial charge in [-0.05, 0) is 38.0 Å². The Morgan fingerprint density at radius 1 is 1.42 bits per heavy atom. The van der Waals surface area contributed by atoms with Gasteiger partial charge in [-0.3, -0.25) is 0 Å². The van der Waals surface area contributed by atoms with Gasteiger partial charge in [-0.15, -0.1) is 0 Å². The summed E-state index contributed by atoms with van der Waals surface area (Å²) in [5, 5.41) is 0.401. The monoisotopic (exact) mass is 304 g/mol. The van der Waals surface area contributed by atoms with Gasteiger partial charge in [0.25, 0.3) is 0 Å². The van der Waals surface area contributed by atoms with E-state index in [0.29, 0.717) is 10.6 Å². The highest BCUT2D eigenvalue weighted by Crippen LogP contribution is 2.26. The van der Waals surface area contributed by atoms with Crippen LogP contribution in [0.25, 0.3) is 0 Å². The van der Waals surface area contributed by atoms with Crippen molar-refractivity contribution in [1.82, 2.24) is 4.72 Å². The third-order valence-electron chi connectivity index (χ3n) is 2.91. The second kappa shape index (κ2) is 6.59. The van der Waals surface area contributed by atoms with E-state index < -0.39 is 10.0 Å². The summed E-state index contributed by atoms with van der Waals surface area (Å²) >= 11 is 5.93. The Morgan fingerprint density at radius 3 is 2.58 bits per heavy atom. The molecule has 0 aromatic heterocycles. The standard InChI is InChI=1S/C13H21ClN2O2S/c1-4-5-6-10(3)16-19(17,18)11-7-9(2)13(14)12(15)8-11/h7-8,10,16H,4-6,15H2,1-3H3. The van der Waals surface area contributed by atoms with Crippen LogP contribution in [0.3, 0.4) is 0 Å². The number of halogens is 1. The molecule has 1 unspecified atom stereocenters. The molecule has 0 aliphatic rings. The SMILES string of the molecule is CCCCC(C)NS(=O)(=O)c1cc(C)c(Cl)c(N)c1. The zero-order valence-electron chi connectivity index (χ0n) is 11.5. The van der Waals surface area contributed by atoms with E-state index in [1.807, 2.05) is 6.92 Å². The van der Waals surface area contributed by atoms with Crippen LogP contribution in [0.5, 0.6) is 0 Å². The van der Waals surface area contributed by atoms with Gasteiger partial charge in [-0.25, -0.2) is 13.1 Å². The first kappa shape index (κ1) is 16.3. The number of sulfonamides is 1. The average molecular weight is 305 g/mol. The van der Waals surface area contributed by atoms with Gasteiger partial charge in [-0.2, -0.15) is 0 Å². The maximum absolute atomic E-state index is 12.2. The molecule has 0 saturated carbocycles. The normalized spacial score (nSPS) is 13.5. The Morgan fingerprint density at radius 2 is 2.05 bits per heavy atom. The zero-order chi connectivity index (χ0) is 14.6. The molecule has 1 aromatic rings. The molecule has 6 heteroatoms. The Labute approximate surface area is 120 Å². The number of nitrogens with two attached hydrogens (primary N) is 1. The van der Waals surface area contributed by atoms with Crippen molar-refractivity contribution in [2.45, 2.75) is 51.0 Å². The Balaban J connectivity index is 2.95. The van der Waals surface area contributed by atoms with Crippen molar-refractivity contribution >= 4 is 27.3 Å². The predicted molar refractivity (Wildman–Crippen MR) is 79.9 cm³/mol. The molecule has 0 spiro atoms. The van der Waals surface area contributed by atoms with E-state index in [4.69, 9.17) is 17.3 Å². The molecule has 108 valence electrons. The number of nitrogen functional groups attached to an aromatic ring is 1. The van der Waals surface area contributed by atoms with Crippen LogP contribution in [0.4, 0.5) is 5.69 Å². The highest BCUT2D eigenvalue weighted by Gasteiger charge is 2.19. The molecule has 1 aromatic carbocycles. The van der Waals surface area contributed by atoms with E-state index in [-0.39, 0.29) is 16.6 Å². The van der Waals surface area contributed by atoms with Crippen LogP contribution in [0, 0.1) is 6.92 Å². The highest BCUT2D eigenvalue weighted by molar-refractivity contribution is 7.89. The minimum atomic E-state index is -3.54. The Kier molecular flexibility index (Phi) is 5.64. The summed E-state index contributed by atoms with van der Waals surface area (Å²) in [7, 11) is -3.54. The summed E-state index contributed by atoms with van der Waals surface area (Å²) < 4.78 is 27.1. The minimum Gasteiger partial charge on any atom is -0.397 e. The lowest BCUT2D eigenvalue weighted by atomic mass is 10.2. The summed E-state index contributed by atoms with van der Waals surface area (Å²) in [6.07, 6.45) is 2.85. The third-order valence-corrected chi connectivity index (χ3v) is 5.00. The maximum atomic E-state index is 12.2. The molecular weight excluding hydrogens is 284 g/mol. The van der Waals surface area contributed by atoms with Gasteiger partial charge in [0.05, 0.1) is 15.6 Å². The molecule has 4 nitrogen and oxygen atoms in total. The van der Waals surface area contributed by atoms with Crippen molar-refractivity contribution in [3.8, 4) is 0 Å². The number of anilines is 1. The van der Waals surface area contributed by atoms with Crippen molar-refractivity contribution in [1.29, 1.82) is 0 Å². The van der Waals surface area contributed by atoms with Crippen LogP contribution in [0.1, 0.15) is 38.7 Å². The second-order valence-electron chi connectivity index (χ2n) is 4.81. The highest BCUT2D eigenvalue weighted by atomic mass is 35.5. The van der Waals surface area contributed by atoms with Gasteiger partial charge in [0, 0.05) is 6.04 Å². The number of nitrogens with one attached hydrogen (secondary N) is 1. The Hall–Kier alpha value is -0.780. The van der Waals surface area contributed by atoms with Crippen molar-refractivity contribution in [2.75, 3.05) is 5.73 Å². The van der Waals surface area contributed by atoms with Crippen LogP contribution < -0.4 is 10.5 Å². The topological polar surface area (TPSA) is 72.2 Å². The van der Waals surface area contributed by atoms with Crippen LogP contribution in [0.2, 0.25) is 5.02 Å². The molecular formula is C13H21ClN2O2S. The minimum absolute atomic E-state index is 0.0952. The second-order valence-corrected chi connectivity index (χ2v) is 6.90. The predicted octanol–water partition coefficient (Wildman–Crippen LogP) is 3.09. The number of unbranched alkanes of at least 4 members (excludes halogenated alkanes) is 1. The number of hydrogen-bond acceptors (Lipinski definition) is 3. The fourth-order valence-electron chi connectivity index (χ4n) is 1.82. The van der Waals surface area contributed by atoms with Gasteiger partial charge < -0.3 is 5.73 Å². The summed E-state index contributed by atoms with van der Waals surface area (Å²) in [6, 6.07) is 2.83. The summed E-state index contributed by atoms with van der Waals surface area (Å²) in [6.45, 7) is 5.67.